The summed E-state index contributed by atoms with van der Waals surface area (Å²) in [6.07, 6.45) is 7.57. The third-order valence-electron chi connectivity index (χ3n) is 6.19. The molecule has 0 spiro atoms. The van der Waals surface area contributed by atoms with Crippen LogP contribution in [0.3, 0.4) is 0 Å². The summed E-state index contributed by atoms with van der Waals surface area (Å²) in [6.45, 7) is 2.38. The molecule has 1 aliphatic heterocycles. The highest BCUT2D eigenvalue weighted by atomic mass is 32.1. The van der Waals surface area contributed by atoms with Gasteiger partial charge in [-0.15, -0.1) is 17.8 Å². The molecule has 2 aromatic rings. The van der Waals surface area contributed by atoms with Crippen molar-refractivity contribution >= 4 is 17.2 Å². The van der Waals surface area contributed by atoms with Gasteiger partial charge in [0.05, 0.1) is 25.3 Å². The first-order valence-electron chi connectivity index (χ1n) is 11.7. The highest BCUT2D eigenvalue weighted by Gasteiger charge is 2.34. The maximum Gasteiger partial charge on any atom is 0.237 e. The smallest absolute Gasteiger partial charge is 0.237 e. The fourth-order valence-electron chi connectivity index (χ4n) is 4.36. The summed E-state index contributed by atoms with van der Waals surface area (Å²) in [6, 6.07) is 8.06. The van der Waals surface area contributed by atoms with Crippen molar-refractivity contribution in [2.75, 3.05) is 46.0 Å². The van der Waals surface area contributed by atoms with E-state index in [1.807, 2.05) is 21.2 Å². The highest BCUT2D eigenvalue weighted by molar-refractivity contribution is 7.10. The largest absolute Gasteiger partial charge is 0.488 e. The highest BCUT2D eigenvalue weighted by Crippen LogP contribution is 2.35. The molecule has 34 heavy (non-hydrogen) atoms. The molecule has 1 N–H and O–H groups in total. The van der Waals surface area contributed by atoms with E-state index in [4.69, 9.17) is 15.9 Å². The third kappa shape index (κ3) is 6.57. The van der Waals surface area contributed by atoms with Crippen molar-refractivity contribution in [1.29, 1.82) is 0 Å². The third-order valence-corrected chi connectivity index (χ3v) is 7.18. The minimum Gasteiger partial charge on any atom is -0.488 e. The molecule has 1 aromatic carbocycles. The fraction of sp³-hybridized carbons (Fsp3) is 0.500. The zero-order valence-electron chi connectivity index (χ0n) is 19.2. The number of benzene rings is 1. The van der Waals surface area contributed by atoms with Gasteiger partial charge in [0.25, 0.3) is 0 Å². The van der Waals surface area contributed by atoms with E-state index in [0.29, 0.717) is 19.0 Å². The molecule has 0 bridgehead atoms. The van der Waals surface area contributed by atoms with Crippen LogP contribution in [0.1, 0.15) is 29.3 Å². The predicted octanol–water partition coefficient (Wildman–Crippen LogP) is 3.11. The van der Waals surface area contributed by atoms with Gasteiger partial charge < -0.3 is 19.5 Å². The molecule has 8 heteroatoms. The van der Waals surface area contributed by atoms with Crippen molar-refractivity contribution in [2.45, 2.75) is 31.4 Å². The number of rotatable bonds is 12. The first-order valence-corrected chi connectivity index (χ1v) is 12.6. The Hall–Kier alpha value is -2.44. The number of ether oxygens (including phenoxy) is 2. The number of carbonyl (C=O) groups is 1. The SMILES string of the molecule is C#CCOCC(O)CN(CC(=O)N1CCc2sccc2C1COc1ccccc1F)CC1CC1. The Morgan fingerprint density at radius 1 is 1.35 bits per heavy atom. The Morgan fingerprint density at radius 2 is 2.18 bits per heavy atom. The van der Waals surface area contributed by atoms with Crippen LogP contribution in [0.5, 0.6) is 5.75 Å². The molecule has 4 rings (SSSR count). The zero-order valence-corrected chi connectivity index (χ0v) is 20.0. The van der Waals surface area contributed by atoms with Crippen molar-refractivity contribution in [3.63, 3.8) is 0 Å². The molecule has 182 valence electrons. The summed E-state index contributed by atoms with van der Waals surface area (Å²) in [5.74, 6) is 2.70. The van der Waals surface area contributed by atoms with E-state index in [1.165, 1.54) is 10.9 Å². The molecule has 1 aromatic heterocycles. The topological polar surface area (TPSA) is 62.2 Å². The van der Waals surface area contributed by atoms with Crippen molar-refractivity contribution in [2.24, 2.45) is 5.92 Å². The van der Waals surface area contributed by atoms with E-state index in [0.717, 1.165) is 31.4 Å². The second kappa shape index (κ2) is 11.8. The molecule has 0 saturated heterocycles. The second-order valence-electron chi connectivity index (χ2n) is 8.90. The van der Waals surface area contributed by atoms with Crippen molar-refractivity contribution in [1.82, 2.24) is 9.80 Å². The summed E-state index contributed by atoms with van der Waals surface area (Å²) in [5.41, 5.74) is 1.07. The Kier molecular flexibility index (Phi) is 8.57. The van der Waals surface area contributed by atoms with Crippen LogP contribution in [0, 0.1) is 24.1 Å². The number of aliphatic hydroxyl groups is 1. The van der Waals surface area contributed by atoms with Gasteiger partial charge in [0.15, 0.2) is 11.6 Å². The fourth-order valence-corrected chi connectivity index (χ4v) is 5.29. The van der Waals surface area contributed by atoms with Crippen LogP contribution in [0.4, 0.5) is 4.39 Å². The quantitative estimate of drug-likeness (QED) is 0.369. The van der Waals surface area contributed by atoms with E-state index >= 15 is 0 Å². The van der Waals surface area contributed by atoms with Crippen molar-refractivity contribution in [3.05, 3.63) is 52.0 Å². The molecule has 6 nitrogen and oxygen atoms in total. The molecule has 1 amide bonds. The Labute approximate surface area is 204 Å². The summed E-state index contributed by atoms with van der Waals surface area (Å²) < 4.78 is 25.2. The lowest BCUT2D eigenvalue weighted by Gasteiger charge is -2.37. The summed E-state index contributed by atoms with van der Waals surface area (Å²) in [4.78, 5) is 18.6. The lowest BCUT2D eigenvalue weighted by atomic mass is 10.0. The molecular formula is C26H31FN2O4S. The Bertz CT molecular complexity index is 1000. The summed E-state index contributed by atoms with van der Waals surface area (Å²) >= 11 is 1.68. The number of nitrogens with zero attached hydrogens (tertiary/aromatic N) is 2. The van der Waals surface area contributed by atoms with E-state index in [-0.39, 0.29) is 44.1 Å². The second-order valence-corrected chi connectivity index (χ2v) is 9.90. The van der Waals surface area contributed by atoms with E-state index in [1.54, 1.807) is 29.5 Å². The van der Waals surface area contributed by atoms with Crippen LogP contribution in [0.2, 0.25) is 0 Å². The molecule has 2 unspecified atom stereocenters. The van der Waals surface area contributed by atoms with Crippen LogP contribution in [-0.4, -0.2) is 72.9 Å². The van der Waals surface area contributed by atoms with Crippen LogP contribution in [0.15, 0.2) is 35.7 Å². The lowest BCUT2D eigenvalue weighted by Crippen LogP contribution is -2.48. The number of para-hydroxylation sites is 1. The molecular weight excluding hydrogens is 455 g/mol. The van der Waals surface area contributed by atoms with Gasteiger partial charge >= 0.3 is 0 Å². The number of halogens is 1. The van der Waals surface area contributed by atoms with Gasteiger partial charge in [-0.05, 0) is 54.3 Å². The average molecular weight is 487 g/mol. The molecule has 1 saturated carbocycles. The number of fused-ring (bicyclic) bond motifs is 1. The molecule has 2 atom stereocenters. The first-order chi connectivity index (χ1) is 16.5. The van der Waals surface area contributed by atoms with Crippen molar-refractivity contribution < 1.29 is 23.8 Å². The van der Waals surface area contributed by atoms with Crippen LogP contribution < -0.4 is 4.74 Å². The van der Waals surface area contributed by atoms with Gasteiger partial charge in [0.1, 0.15) is 13.2 Å². The Morgan fingerprint density at radius 3 is 2.94 bits per heavy atom. The molecule has 1 aliphatic carbocycles. The monoisotopic (exact) mass is 486 g/mol. The van der Waals surface area contributed by atoms with Crippen molar-refractivity contribution in [3.8, 4) is 18.1 Å². The van der Waals surface area contributed by atoms with E-state index in [2.05, 4.69) is 5.92 Å². The maximum absolute atomic E-state index is 14.1. The molecule has 2 aliphatic rings. The maximum atomic E-state index is 14.1. The van der Waals surface area contributed by atoms with Gasteiger partial charge in [-0.25, -0.2) is 4.39 Å². The zero-order chi connectivity index (χ0) is 23.9. The number of terminal acetylenes is 1. The number of hydrogen-bond donors (Lipinski definition) is 1. The number of aliphatic hydroxyl groups excluding tert-OH is 1. The van der Waals surface area contributed by atoms with Crippen LogP contribution in [0.25, 0.3) is 0 Å². The summed E-state index contributed by atoms with van der Waals surface area (Å²) in [7, 11) is 0. The summed E-state index contributed by atoms with van der Waals surface area (Å²) in [5, 5.41) is 12.4. The lowest BCUT2D eigenvalue weighted by molar-refractivity contribution is -0.136. The van der Waals surface area contributed by atoms with E-state index < -0.39 is 11.9 Å². The standard InChI is InChI=1S/C26H31FN2O4S/c1-2-12-32-17-20(30)15-28(14-19-7-8-19)16-26(31)29-11-9-25-21(10-13-34-25)23(29)18-33-24-6-4-3-5-22(24)27/h1,3-6,10,13,19-20,23,30H,7-9,11-12,14-18H2. The van der Waals surface area contributed by atoms with Gasteiger partial charge in [0.2, 0.25) is 5.91 Å². The molecule has 2 heterocycles. The normalized spacial score (nSPS) is 18.4. The van der Waals surface area contributed by atoms with Gasteiger partial charge in [0, 0.05) is 24.5 Å². The number of thiophene rings is 1. The van der Waals surface area contributed by atoms with Gasteiger partial charge in [-0.2, -0.15) is 0 Å². The first kappa shape index (κ1) is 24.7. The van der Waals surface area contributed by atoms with Gasteiger partial charge in [-0.3, -0.25) is 9.69 Å². The number of hydrogen-bond acceptors (Lipinski definition) is 6. The average Bonchev–Trinajstić information content (AvgIpc) is 3.50. The number of carbonyl (C=O) groups excluding carboxylic acids is 1. The van der Waals surface area contributed by atoms with Crippen LogP contribution in [-0.2, 0) is 16.0 Å². The Balaban J connectivity index is 1.43. The minimum absolute atomic E-state index is 0.0172. The number of amides is 1. The minimum atomic E-state index is -0.718. The van der Waals surface area contributed by atoms with E-state index in [9.17, 15) is 14.3 Å². The van der Waals surface area contributed by atoms with Gasteiger partial charge in [-0.1, -0.05) is 18.1 Å². The van der Waals surface area contributed by atoms with Crippen LogP contribution >= 0.6 is 11.3 Å². The predicted molar refractivity (Wildman–Crippen MR) is 129 cm³/mol. The molecule has 1 fully saturated rings. The molecule has 0 radical (unpaired) electrons.